The molecule has 0 heterocycles. The van der Waals surface area contributed by atoms with E-state index in [2.05, 4.69) is 27.7 Å². The maximum atomic E-state index is 11.5. The van der Waals surface area contributed by atoms with Crippen LogP contribution in [0.1, 0.15) is 53.4 Å². The smallest absolute Gasteiger partial charge is 0.109 e. The van der Waals surface area contributed by atoms with Gasteiger partial charge in [-0.3, -0.25) is 0 Å². The lowest BCUT2D eigenvalue weighted by Gasteiger charge is -2.33. The van der Waals surface area contributed by atoms with Crippen LogP contribution in [0.25, 0.3) is 0 Å². The van der Waals surface area contributed by atoms with Crippen LogP contribution in [0.3, 0.4) is 0 Å². The molecule has 1 saturated carbocycles. The van der Waals surface area contributed by atoms with Crippen molar-refractivity contribution >= 4 is 0 Å². The summed E-state index contributed by atoms with van der Waals surface area (Å²) in [5.74, 6) is 0.455. The first-order valence-electron chi connectivity index (χ1n) is 9.69. The summed E-state index contributed by atoms with van der Waals surface area (Å²) < 4.78 is 5.30. The van der Waals surface area contributed by atoms with Gasteiger partial charge in [0.1, 0.15) is 5.60 Å². The van der Waals surface area contributed by atoms with E-state index in [4.69, 9.17) is 4.74 Å². The molecule has 142 valence electrons. The molecule has 3 rings (SSSR count). The van der Waals surface area contributed by atoms with Crippen molar-refractivity contribution in [1.82, 2.24) is 0 Å². The van der Waals surface area contributed by atoms with E-state index in [0.29, 0.717) is 25.2 Å². The molecule has 0 aromatic carbocycles. The third-order valence-electron chi connectivity index (χ3n) is 7.12. The van der Waals surface area contributed by atoms with Crippen LogP contribution < -0.4 is 0 Å². The Morgan fingerprint density at radius 3 is 2.56 bits per heavy atom. The second-order valence-corrected chi connectivity index (χ2v) is 8.93. The quantitative estimate of drug-likeness (QED) is 0.685. The number of hydrogen-bond acceptors (Lipinski definition) is 4. The zero-order valence-electron chi connectivity index (χ0n) is 16.2. The van der Waals surface area contributed by atoms with E-state index in [-0.39, 0.29) is 24.4 Å². The van der Waals surface area contributed by atoms with Gasteiger partial charge in [-0.05, 0) is 48.7 Å². The molecule has 0 aliphatic heterocycles. The third-order valence-corrected chi connectivity index (χ3v) is 7.12. The van der Waals surface area contributed by atoms with Crippen LogP contribution in [0.4, 0.5) is 0 Å². The molecule has 0 aromatic rings. The lowest BCUT2D eigenvalue weighted by Crippen LogP contribution is -2.38. The van der Waals surface area contributed by atoms with Crippen LogP contribution in [0, 0.1) is 23.7 Å². The van der Waals surface area contributed by atoms with Gasteiger partial charge in [0, 0.05) is 19.4 Å². The predicted octanol–water partition coefficient (Wildman–Crippen LogP) is 2.82. The van der Waals surface area contributed by atoms with E-state index in [0.717, 1.165) is 12.0 Å². The molecule has 6 atom stereocenters. The highest BCUT2D eigenvalue weighted by molar-refractivity contribution is 5.40. The summed E-state index contributed by atoms with van der Waals surface area (Å²) in [6, 6.07) is 0. The van der Waals surface area contributed by atoms with E-state index in [1.807, 2.05) is 6.08 Å². The molecule has 4 nitrogen and oxygen atoms in total. The summed E-state index contributed by atoms with van der Waals surface area (Å²) in [4.78, 5) is 0. The van der Waals surface area contributed by atoms with Crippen molar-refractivity contribution in [2.75, 3.05) is 13.7 Å². The van der Waals surface area contributed by atoms with Crippen molar-refractivity contribution in [3.63, 3.8) is 0 Å². The van der Waals surface area contributed by atoms with Crippen molar-refractivity contribution in [1.29, 1.82) is 0 Å². The normalized spacial score (nSPS) is 46.5. The summed E-state index contributed by atoms with van der Waals surface area (Å²) in [7, 11) is 1.60. The Labute approximate surface area is 151 Å². The summed E-state index contributed by atoms with van der Waals surface area (Å²) in [6.07, 6.45) is 4.16. The highest BCUT2D eigenvalue weighted by Crippen LogP contribution is 2.53. The second kappa shape index (κ2) is 6.49. The van der Waals surface area contributed by atoms with Gasteiger partial charge in [0.15, 0.2) is 0 Å². The van der Waals surface area contributed by atoms with Crippen LogP contribution >= 0.6 is 0 Å². The summed E-state index contributed by atoms with van der Waals surface area (Å²) in [5, 5.41) is 33.6. The van der Waals surface area contributed by atoms with Crippen LogP contribution in [0.15, 0.2) is 22.8 Å². The lowest BCUT2D eigenvalue weighted by molar-refractivity contribution is -0.00330. The fraction of sp³-hybridized carbons (Fsp3) is 0.810. The lowest BCUT2D eigenvalue weighted by atomic mass is 9.79. The first-order chi connectivity index (χ1) is 11.6. The van der Waals surface area contributed by atoms with Crippen LogP contribution in [-0.2, 0) is 4.74 Å². The number of rotatable bonds is 3. The molecule has 3 N–H and O–H groups in total. The standard InChI is InChI=1S/C21H34O4/c1-12(2)17-9-21(24)10-18-15(6-7-20(18,23)11-25-5)13(3)19(22)8-16(17)14(21)4/h10,12-15,19,22-24H,6-9,11H2,1-5H3/b18-10+/t13-,14-,15+,19+,20+,21+/m1/s1. The predicted molar refractivity (Wildman–Crippen MR) is 98.0 cm³/mol. The molecule has 25 heavy (non-hydrogen) atoms. The minimum absolute atomic E-state index is 0.0367. The van der Waals surface area contributed by atoms with Gasteiger partial charge < -0.3 is 20.1 Å². The molecule has 0 aromatic heterocycles. The molecule has 4 heteroatoms. The van der Waals surface area contributed by atoms with Crippen molar-refractivity contribution in [3.05, 3.63) is 22.8 Å². The molecule has 0 unspecified atom stereocenters. The van der Waals surface area contributed by atoms with Gasteiger partial charge in [-0.25, -0.2) is 0 Å². The van der Waals surface area contributed by atoms with E-state index in [1.54, 1.807) is 7.11 Å². The minimum Gasteiger partial charge on any atom is -0.392 e. The Morgan fingerprint density at radius 2 is 1.96 bits per heavy atom. The van der Waals surface area contributed by atoms with E-state index in [1.165, 1.54) is 11.1 Å². The summed E-state index contributed by atoms with van der Waals surface area (Å²) in [6.45, 7) is 8.68. The molecule has 3 aliphatic carbocycles. The fourth-order valence-electron chi connectivity index (χ4n) is 5.38. The van der Waals surface area contributed by atoms with Crippen LogP contribution in [0.2, 0.25) is 0 Å². The Balaban J connectivity index is 2.12. The number of aliphatic hydroxyl groups excluding tert-OH is 1. The molecule has 0 saturated heterocycles. The maximum Gasteiger partial charge on any atom is 0.109 e. The number of ether oxygens (including phenoxy) is 1. The van der Waals surface area contributed by atoms with Gasteiger partial charge in [0.25, 0.3) is 0 Å². The van der Waals surface area contributed by atoms with Crippen molar-refractivity contribution in [2.24, 2.45) is 23.7 Å². The number of aliphatic hydroxyl groups is 3. The van der Waals surface area contributed by atoms with Gasteiger partial charge in [-0.2, -0.15) is 0 Å². The molecule has 2 bridgehead atoms. The number of hydrogen-bond donors (Lipinski definition) is 3. The van der Waals surface area contributed by atoms with E-state index >= 15 is 0 Å². The Morgan fingerprint density at radius 1 is 1.28 bits per heavy atom. The van der Waals surface area contributed by atoms with Gasteiger partial charge in [0.2, 0.25) is 0 Å². The van der Waals surface area contributed by atoms with Crippen LogP contribution in [0.5, 0.6) is 0 Å². The van der Waals surface area contributed by atoms with Gasteiger partial charge in [-0.15, -0.1) is 0 Å². The monoisotopic (exact) mass is 350 g/mol. The maximum absolute atomic E-state index is 11.5. The Kier molecular flexibility index (Phi) is 4.95. The van der Waals surface area contributed by atoms with Crippen LogP contribution in [-0.4, -0.2) is 46.3 Å². The first-order valence-corrected chi connectivity index (χ1v) is 9.69. The molecular formula is C21H34O4. The van der Waals surface area contributed by atoms with Gasteiger partial charge in [0.05, 0.1) is 18.3 Å². The molecule has 0 spiro atoms. The molecule has 1 fully saturated rings. The molecular weight excluding hydrogens is 316 g/mol. The Hall–Kier alpha value is -0.680. The molecule has 0 radical (unpaired) electrons. The first kappa shape index (κ1) is 19.1. The molecule has 3 aliphatic rings. The van der Waals surface area contributed by atoms with Crippen molar-refractivity contribution < 1.29 is 20.1 Å². The SMILES string of the molecule is COC[C@@]1(O)CC[C@@H]2/C1=C\[C@@]1(O)CC(C(C)C)=C(C[C@H](O)[C@@H]2C)[C@H]1C. The molecule has 0 amide bonds. The van der Waals surface area contributed by atoms with Gasteiger partial charge >= 0.3 is 0 Å². The van der Waals surface area contributed by atoms with Crippen molar-refractivity contribution in [2.45, 2.75) is 70.7 Å². The number of methoxy groups -OCH3 is 1. The second-order valence-electron chi connectivity index (χ2n) is 8.93. The zero-order valence-corrected chi connectivity index (χ0v) is 16.2. The number of fused-ring (bicyclic) bond motifs is 3. The van der Waals surface area contributed by atoms with Gasteiger partial charge in [-0.1, -0.05) is 38.8 Å². The minimum atomic E-state index is -1.03. The summed E-state index contributed by atoms with van der Waals surface area (Å²) >= 11 is 0. The average molecular weight is 350 g/mol. The van der Waals surface area contributed by atoms with Crippen molar-refractivity contribution in [3.8, 4) is 0 Å². The largest absolute Gasteiger partial charge is 0.392 e. The fourth-order valence-corrected chi connectivity index (χ4v) is 5.38. The van der Waals surface area contributed by atoms with E-state index < -0.39 is 17.3 Å². The Bertz CT molecular complexity index is 593. The topological polar surface area (TPSA) is 69.9 Å². The average Bonchev–Trinajstić information content (AvgIpc) is 2.98. The highest BCUT2D eigenvalue weighted by atomic mass is 16.5. The summed E-state index contributed by atoms with van der Waals surface area (Å²) in [5.41, 5.74) is 1.35. The highest BCUT2D eigenvalue weighted by Gasteiger charge is 2.51. The van der Waals surface area contributed by atoms with E-state index in [9.17, 15) is 15.3 Å². The zero-order chi connectivity index (χ0) is 18.6. The third kappa shape index (κ3) is 3.01.